The van der Waals surface area contributed by atoms with Crippen molar-refractivity contribution in [3.05, 3.63) is 35.9 Å². The Balaban J connectivity index is 0.00000185. The maximum atomic E-state index is 14.3. The Hall–Kier alpha value is -4.29. The van der Waals surface area contributed by atoms with Crippen LogP contribution in [0.4, 0.5) is 13.2 Å². The minimum Gasteiger partial charge on any atom is -0.475 e. The molecule has 0 unspecified atom stereocenters. The predicted octanol–water partition coefficient (Wildman–Crippen LogP) is 5.23. The first-order valence-electron chi connectivity index (χ1n) is 22.3. The maximum absolute atomic E-state index is 14.3. The molecule has 2 heterocycles. The number of nitrogens with one attached hydrogen (secondary N) is 2. The number of ether oxygens (including phenoxy) is 3. The van der Waals surface area contributed by atoms with Crippen molar-refractivity contribution >= 4 is 35.6 Å². The van der Waals surface area contributed by atoms with Gasteiger partial charge in [-0.1, -0.05) is 77.8 Å². The normalized spacial score (nSPS) is 20.3. The first-order chi connectivity index (χ1) is 29.8. The number of likely N-dealkylation sites (N-methyl/N-ethyl adjacent to an activating group) is 2. The number of carbonyl (C=O) groups excluding carboxylic acids is 5. The molecule has 0 aromatic heterocycles. The van der Waals surface area contributed by atoms with Gasteiger partial charge in [0, 0.05) is 34.2 Å². The smallest absolute Gasteiger partial charge is 0.475 e. The zero-order chi connectivity index (χ0) is 48.7. The number of aliphatic carboxylic acids is 1. The van der Waals surface area contributed by atoms with Gasteiger partial charge in [-0.2, -0.15) is 13.2 Å². The lowest BCUT2D eigenvalue weighted by Gasteiger charge is -2.41. The van der Waals surface area contributed by atoms with Crippen LogP contribution in [0.15, 0.2) is 30.3 Å². The molecule has 0 bridgehead atoms. The van der Waals surface area contributed by atoms with Crippen molar-refractivity contribution < 1.29 is 61.3 Å². The molecule has 2 aliphatic heterocycles. The van der Waals surface area contributed by atoms with Gasteiger partial charge in [-0.15, -0.1) is 0 Å². The van der Waals surface area contributed by atoms with Crippen molar-refractivity contribution in [3.8, 4) is 0 Å². The number of esters is 1. The number of carboxylic acid groups (broad SMARTS) is 1. The number of hydrogen-bond donors (Lipinski definition) is 3. The van der Waals surface area contributed by atoms with Crippen molar-refractivity contribution in [1.29, 1.82) is 0 Å². The van der Waals surface area contributed by atoms with Gasteiger partial charge >= 0.3 is 18.1 Å². The van der Waals surface area contributed by atoms with Gasteiger partial charge in [0.15, 0.2) is 0 Å². The molecule has 2 aliphatic rings. The highest BCUT2D eigenvalue weighted by molar-refractivity contribution is 5.90. The fourth-order valence-electron chi connectivity index (χ4n) is 8.41. The van der Waals surface area contributed by atoms with Crippen molar-refractivity contribution in [1.82, 2.24) is 25.3 Å². The van der Waals surface area contributed by atoms with E-state index >= 15 is 0 Å². The predicted molar refractivity (Wildman–Crippen MR) is 235 cm³/mol. The molecule has 2 fully saturated rings. The van der Waals surface area contributed by atoms with Crippen molar-refractivity contribution in [3.63, 3.8) is 0 Å². The number of nitrogens with zero attached hydrogens (tertiary/aromatic N) is 3. The lowest BCUT2D eigenvalue weighted by Crippen LogP contribution is -2.59. The summed E-state index contributed by atoms with van der Waals surface area (Å²) in [5.41, 5.74) is 0.139. The number of piperidine rings is 1. The molecule has 1 aromatic carbocycles. The third-order valence-corrected chi connectivity index (χ3v) is 12.1. The molecule has 3 N–H and O–H groups in total. The summed E-state index contributed by atoms with van der Waals surface area (Å²) in [7, 11) is 6.80. The number of rotatable bonds is 19. The molecule has 1 aromatic rings. The molecule has 2 saturated heterocycles. The Morgan fingerprint density at radius 2 is 1.52 bits per heavy atom. The van der Waals surface area contributed by atoms with E-state index in [1.165, 1.54) is 0 Å². The van der Waals surface area contributed by atoms with E-state index in [0.29, 0.717) is 13.0 Å². The number of methoxy groups -OCH3 is 2. The Labute approximate surface area is 377 Å². The second-order valence-electron chi connectivity index (χ2n) is 18.4. The minimum absolute atomic E-state index is 0.0139. The van der Waals surface area contributed by atoms with Crippen LogP contribution in [0.2, 0.25) is 0 Å². The summed E-state index contributed by atoms with van der Waals surface area (Å²) < 4.78 is 49.5. The largest absolute Gasteiger partial charge is 0.490 e. The van der Waals surface area contributed by atoms with Crippen LogP contribution >= 0.6 is 0 Å². The number of carbonyl (C=O) groups is 6. The Morgan fingerprint density at radius 3 is 2.02 bits per heavy atom. The van der Waals surface area contributed by atoms with Gasteiger partial charge in [0.05, 0.1) is 42.7 Å². The van der Waals surface area contributed by atoms with Crippen LogP contribution < -0.4 is 10.6 Å². The summed E-state index contributed by atoms with van der Waals surface area (Å²) in [5, 5.41) is 13.1. The lowest BCUT2D eigenvalue weighted by atomic mass is 9.89. The first kappa shape index (κ1) is 55.8. The molecule has 3 rings (SSSR count). The fourth-order valence-corrected chi connectivity index (χ4v) is 8.41. The number of benzene rings is 1. The number of likely N-dealkylation sites (tertiary alicyclic amines) is 2. The summed E-state index contributed by atoms with van der Waals surface area (Å²) in [6.07, 6.45) is -1.21. The lowest BCUT2D eigenvalue weighted by molar-refractivity contribution is -0.192. The Kier molecular flexibility index (Phi) is 22.2. The van der Waals surface area contributed by atoms with Gasteiger partial charge in [0.2, 0.25) is 23.6 Å². The highest BCUT2D eigenvalue weighted by atomic mass is 19.4. The zero-order valence-corrected chi connectivity index (χ0v) is 39.8. The molecule has 0 radical (unpaired) electrons. The number of carboxylic acids is 1. The average molecular weight is 914 g/mol. The van der Waals surface area contributed by atoms with E-state index < -0.39 is 66.0 Å². The Morgan fingerprint density at radius 1 is 0.906 bits per heavy atom. The molecule has 0 saturated carbocycles. The van der Waals surface area contributed by atoms with E-state index in [9.17, 15) is 37.1 Å². The standard InChI is InChI=1S/C44H73N5O8.C2HF3O2/c1-13-29(4)38(48(10)42(53)37(28(2)3)46-41(52)34-22-17-18-24-47(34)9)35(55-11)27-36(50)49-25-19-23-33(49)39(56-12)30(5)40(51)45-32(43(54)57-44(6,7)8)26-31-20-15-14-16-21-31;3-2(4,5)1(6)7/h14-16,20-21,28-30,32-35,37-39H,13,17-19,22-27H2,1-12H3,(H,45,51)(H,46,52);(H,6,7)/t29-,30+,32-,33-,34-,35+,37-,38-,39+;/m0./s1. The number of hydrogen-bond acceptors (Lipinski definition) is 10. The zero-order valence-electron chi connectivity index (χ0n) is 39.8. The van der Waals surface area contributed by atoms with Crippen LogP contribution in [0.1, 0.15) is 106 Å². The quantitative estimate of drug-likeness (QED) is 0.155. The van der Waals surface area contributed by atoms with Gasteiger partial charge in [0.1, 0.15) is 17.7 Å². The van der Waals surface area contributed by atoms with Crippen molar-refractivity contribution in [2.45, 2.75) is 161 Å². The molecule has 0 spiro atoms. The van der Waals surface area contributed by atoms with E-state index in [4.69, 9.17) is 24.1 Å². The molecule has 18 heteroatoms. The molecule has 64 heavy (non-hydrogen) atoms. The van der Waals surface area contributed by atoms with Gasteiger partial charge in [-0.05, 0) is 77.4 Å². The van der Waals surface area contributed by atoms with E-state index in [-0.39, 0.29) is 54.3 Å². The second-order valence-corrected chi connectivity index (χ2v) is 18.4. The minimum atomic E-state index is -5.08. The van der Waals surface area contributed by atoms with Gasteiger partial charge in [0.25, 0.3) is 0 Å². The summed E-state index contributed by atoms with van der Waals surface area (Å²) >= 11 is 0. The Bertz CT molecular complexity index is 1680. The van der Waals surface area contributed by atoms with E-state index in [0.717, 1.165) is 44.2 Å². The molecule has 15 nitrogen and oxygen atoms in total. The topological polar surface area (TPSA) is 184 Å². The number of halogens is 3. The third-order valence-electron chi connectivity index (χ3n) is 12.1. The molecular weight excluding hydrogens is 840 g/mol. The van der Waals surface area contributed by atoms with Gasteiger partial charge < -0.3 is 39.8 Å². The third kappa shape index (κ3) is 16.6. The molecule has 364 valence electrons. The number of alkyl halides is 3. The molecular formula is C46H74F3N5O10. The van der Waals surface area contributed by atoms with Crippen LogP contribution in [-0.4, -0.2) is 151 Å². The summed E-state index contributed by atoms with van der Waals surface area (Å²) in [6, 6.07) is 6.68. The van der Waals surface area contributed by atoms with E-state index in [2.05, 4.69) is 15.5 Å². The van der Waals surface area contributed by atoms with Crippen LogP contribution in [0, 0.1) is 17.8 Å². The summed E-state index contributed by atoms with van der Waals surface area (Å²) in [6.45, 7) is 16.4. The number of amides is 4. The molecule has 9 atom stereocenters. The highest BCUT2D eigenvalue weighted by Gasteiger charge is 2.44. The van der Waals surface area contributed by atoms with Crippen LogP contribution in [0.25, 0.3) is 0 Å². The molecule has 0 aliphatic carbocycles. The van der Waals surface area contributed by atoms with Crippen molar-refractivity contribution in [2.75, 3.05) is 41.4 Å². The van der Waals surface area contributed by atoms with Gasteiger partial charge in [-0.3, -0.25) is 24.1 Å². The maximum Gasteiger partial charge on any atom is 0.490 e. The van der Waals surface area contributed by atoms with Gasteiger partial charge in [-0.25, -0.2) is 9.59 Å². The summed E-state index contributed by atoms with van der Waals surface area (Å²) in [5.74, 6) is -5.06. The van der Waals surface area contributed by atoms with Crippen LogP contribution in [0.3, 0.4) is 0 Å². The monoisotopic (exact) mass is 914 g/mol. The van der Waals surface area contributed by atoms with Crippen LogP contribution in [0.5, 0.6) is 0 Å². The second kappa shape index (κ2) is 25.4. The van der Waals surface area contributed by atoms with E-state index in [1.807, 2.05) is 65.1 Å². The van der Waals surface area contributed by atoms with E-state index in [1.54, 1.807) is 58.8 Å². The average Bonchev–Trinajstić information content (AvgIpc) is 3.71. The van der Waals surface area contributed by atoms with Crippen LogP contribution in [-0.2, 0) is 49.4 Å². The fraction of sp³-hybridized carbons (Fsp3) is 0.739. The first-order valence-corrected chi connectivity index (χ1v) is 22.3. The SMILES string of the molecule is CC[C@H](C)[C@@H]([C@@H](CC(=O)N1CCC[C@H]1[C@H](OC)[C@@H](C)C(=O)N[C@@H](Cc1ccccc1)C(=O)OC(C)(C)C)OC)N(C)C(=O)[C@@H](NC(=O)[C@@H]1CCCCN1C)C(C)C.O=C(O)C(F)(F)F. The summed E-state index contributed by atoms with van der Waals surface area (Å²) in [4.78, 5) is 83.7. The molecule has 4 amide bonds. The highest BCUT2D eigenvalue weighted by Crippen LogP contribution is 2.30. The van der Waals surface area contributed by atoms with Crippen molar-refractivity contribution in [2.24, 2.45) is 17.8 Å².